The molecule has 0 unspecified atom stereocenters. The van der Waals surface area contributed by atoms with Crippen LogP contribution in [0.2, 0.25) is 0 Å². The number of fused-ring (bicyclic) bond motifs is 1. The standard InChI is InChI=1S/C15H14N2O3/c1-2-5-13(15(19)20)17-14(18)11-8-10-6-3-4-7-12(10)16-9-11/h2-4,6-9,13H,1,5H2,(H,17,18)(H,19,20)/t13-/m0/s1. The summed E-state index contributed by atoms with van der Waals surface area (Å²) in [7, 11) is 0. The predicted molar refractivity (Wildman–Crippen MR) is 75.4 cm³/mol. The van der Waals surface area contributed by atoms with E-state index in [-0.39, 0.29) is 6.42 Å². The Morgan fingerprint density at radius 3 is 2.85 bits per heavy atom. The van der Waals surface area contributed by atoms with Crippen LogP contribution < -0.4 is 5.32 Å². The molecule has 0 fully saturated rings. The fourth-order valence-corrected chi connectivity index (χ4v) is 1.82. The van der Waals surface area contributed by atoms with Gasteiger partial charge < -0.3 is 10.4 Å². The van der Waals surface area contributed by atoms with Gasteiger partial charge in [0.1, 0.15) is 6.04 Å². The smallest absolute Gasteiger partial charge is 0.326 e. The number of carboxylic acid groups (broad SMARTS) is 1. The zero-order valence-electron chi connectivity index (χ0n) is 10.7. The van der Waals surface area contributed by atoms with E-state index in [0.717, 1.165) is 10.9 Å². The molecule has 0 bridgehead atoms. The molecule has 1 atom stereocenters. The normalized spacial score (nSPS) is 11.8. The molecule has 0 aliphatic carbocycles. The molecule has 102 valence electrons. The van der Waals surface area contributed by atoms with Crippen molar-refractivity contribution >= 4 is 22.8 Å². The van der Waals surface area contributed by atoms with E-state index in [4.69, 9.17) is 5.11 Å². The Morgan fingerprint density at radius 1 is 1.40 bits per heavy atom. The first kappa shape index (κ1) is 13.7. The highest BCUT2D eigenvalue weighted by molar-refractivity contribution is 5.99. The molecule has 0 saturated heterocycles. The van der Waals surface area contributed by atoms with Crippen LogP contribution in [0.1, 0.15) is 16.8 Å². The molecule has 2 N–H and O–H groups in total. The van der Waals surface area contributed by atoms with Crippen LogP contribution in [0.15, 0.2) is 49.2 Å². The molecule has 2 aromatic rings. The third-order valence-corrected chi connectivity index (χ3v) is 2.86. The lowest BCUT2D eigenvalue weighted by Gasteiger charge is -2.12. The second-order valence-corrected chi connectivity index (χ2v) is 4.31. The van der Waals surface area contributed by atoms with Gasteiger partial charge in [-0.3, -0.25) is 9.78 Å². The Morgan fingerprint density at radius 2 is 2.15 bits per heavy atom. The summed E-state index contributed by atoms with van der Waals surface area (Å²) in [5, 5.41) is 12.3. The van der Waals surface area contributed by atoms with Crippen molar-refractivity contribution in [2.75, 3.05) is 0 Å². The van der Waals surface area contributed by atoms with E-state index < -0.39 is 17.9 Å². The molecule has 20 heavy (non-hydrogen) atoms. The van der Waals surface area contributed by atoms with E-state index in [9.17, 15) is 9.59 Å². The van der Waals surface area contributed by atoms with Crippen LogP contribution in [-0.4, -0.2) is 28.0 Å². The molecule has 1 amide bonds. The minimum Gasteiger partial charge on any atom is -0.480 e. The Balaban J connectivity index is 2.22. The average Bonchev–Trinajstić information content (AvgIpc) is 2.46. The summed E-state index contributed by atoms with van der Waals surface area (Å²) in [6, 6.07) is 8.10. The largest absolute Gasteiger partial charge is 0.480 e. The fourth-order valence-electron chi connectivity index (χ4n) is 1.82. The molecular formula is C15H14N2O3. The summed E-state index contributed by atoms with van der Waals surface area (Å²) >= 11 is 0. The van der Waals surface area contributed by atoms with Gasteiger partial charge in [-0.2, -0.15) is 0 Å². The summed E-state index contributed by atoms with van der Waals surface area (Å²) in [6.45, 7) is 3.48. The van der Waals surface area contributed by atoms with Crippen molar-refractivity contribution in [2.24, 2.45) is 0 Å². The number of nitrogens with one attached hydrogen (secondary N) is 1. The number of hydrogen-bond acceptors (Lipinski definition) is 3. The van der Waals surface area contributed by atoms with Crippen molar-refractivity contribution < 1.29 is 14.7 Å². The molecule has 1 heterocycles. The Labute approximate surface area is 115 Å². The zero-order valence-corrected chi connectivity index (χ0v) is 10.7. The Hall–Kier alpha value is -2.69. The summed E-state index contributed by atoms with van der Waals surface area (Å²) in [5.74, 6) is -1.55. The summed E-state index contributed by atoms with van der Waals surface area (Å²) in [6.07, 6.45) is 3.06. The SMILES string of the molecule is C=CC[C@H](NC(=O)c1cnc2ccccc2c1)C(=O)O. The number of para-hydroxylation sites is 1. The van der Waals surface area contributed by atoms with E-state index >= 15 is 0 Å². The number of amides is 1. The lowest BCUT2D eigenvalue weighted by molar-refractivity contribution is -0.139. The summed E-state index contributed by atoms with van der Waals surface area (Å²) in [4.78, 5) is 27.2. The summed E-state index contributed by atoms with van der Waals surface area (Å²) < 4.78 is 0. The molecule has 5 heteroatoms. The first-order chi connectivity index (χ1) is 9.61. The first-order valence-corrected chi connectivity index (χ1v) is 6.11. The molecule has 0 aliphatic rings. The molecule has 0 spiro atoms. The van der Waals surface area contributed by atoms with Crippen molar-refractivity contribution in [1.29, 1.82) is 0 Å². The van der Waals surface area contributed by atoms with Gasteiger partial charge >= 0.3 is 5.97 Å². The van der Waals surface area contributed by atoms with Gasteiger partial charge in [0.2, 0.25) is 0 Å². The van der Waals surface area contributed by atoms with Gasteiger partial charge in [0, 0.05) is 11.6 Å². The minimum atomic E-state index is -1.09. The maximum absolute atomic E-state index is 12.0. The van der Waals surface area contributed by atoms with Crippen molar-refractivity contribution in [3.05, 3.63) is 54.7 Å². The van der Waals surface area contributed by atoms with E-state index in [1.807, 2.05) is 24.3 Å². The molecule has 0 saturated carbocycles. The van der Waals surface area contributed by atoms with E-state index in [1.165, 1.54) is 12.3 Å². The molecular weight excluding hydrogens is 256 g/mol. The van der Waals surface area contributed by atoms with Crippen LogP contribution in [-0.2, 0) is 4.79 Å². The molecule has 0 aliphatic heterocycles. The number of rotatable bonds is 5. The molecule has 1 aromatic heterocycles. The molecule has 2 rings (SSSR count). The predicted octanol–water partition coefficient (Wildman–Crippen LogP) is 1.99. The third-order valence-electron chi connectivity index (χ3n) is 2.86. The number of hydrogen-bond donors (Lipinski definition) is 2. The van der Waals surface area contributed by atoms with Gasteiger partial charge in [-0.15, -0.1) is 6.58 Å². The second-order valence-electron chi connectivity index (χ2n) is 4.31. The van der Waals surface area contributed by atoms with E-state index in [1.54, 1.807) is 6.07 Å². The number of pyridine rings is 1. The number of carbonyl (C=O) groups excluding carboxylic acids is 1. The van der Waals surface area contributed by atoms with Crippen LogP contribution in [0.4, 0.5) is 0 Å². The summed E-state index contributed by atoms with van der Waals surface area (Å²) in [5.41, 5.74) is 1.11. The van der Waals surface area contributed by atoms with Crippen molar-refractivity contribution in [3.63, 3.8) is 0 Å². The van der Waals surface area contributed by atoms with E-state index in [2.05, 4.69) is 16.9 Å². The topological polar surface area (TPSA) is 79.3 Å². The van der Waals surface area contributed by atoms with Crippen LogP contribution in [0.5, 0.6) is 0 Å². The zero-order chi connectivity index (χ0) is 14.5. The maximum atomic E-state index is 12.0. The van der Waals surface area contributed by atoms with Crippen LogP contribution in [0.3, 0.4) is 0 Å². The highest BCUT2D eigenvalue weighted by atomic mass is 16.4. The average molecular weight is 270 g/mol. The lowest BCUT2D eigenvalue weighted by Crippen LogP contribution is -2.40. The number of carboxylic acids is 1. The quantitative estimate of drug-likeness (QED) is 0.814. The van der Waals surface area contributed by atoms with Crippen LogP contribution >= 0.6 is 0 Å². The Bertz CT molecular complexity index is 667. The minimum absolute atomic E-state index is 0.169. The van der Waals surface area contributed by atoms with Crippen LogP contribution in [0, 0.1) is 0 Å². The third kappa shape index (κ3) is 3.00. The fraction of sp³-hybridized carbons (Fsp3) is 0.133. The van der Waals surface area contributed by atoms with Crippen molar-refractivity contribution in [1.82, 2.24) is 10.3 Å². The van der Waals surface area contributed by atoms with Crippen LogP contribution in [0.25, 0.3) is 10.9 Å². The van der Waals surface area contributed by atoms with Crippen molar-refractivity contribution in [3.8, 4) is 0 Å². The van der Waals surface area contributed by atoms with E-state index in [0.29, 0.717) is 5.56 Å². The number of aromatic nitrogens is 1. The number of nitrogens with zero attached hydrogens (tertiary/aromatic N) is 1. The lowest BCUT2D eigenvalue weighted by atomic mass is 10.1. The highest BCUT2D eigenvalue weighted by Gasteiger charge is 2.19. The van der Waals surface area contributed by atoms with Gasteiger partial charge in [0.15, 0.2) is 0 Å². The van der Waals surface area contributed by atoms with Gasteiger partial charge in [-0.05, 0) is 18.6 Å². The van der Waals surface area contributed by atoms with Gasteiger partial charge in [-0.25, -0.2) is 4.79 Å². The van der Waals surface area contributed by atoms with Gasteiger partial charge in [-0.1, -0.05) is 24.3 Å². The number of carbonyl (C=O) groups is 2. The number of aliphatic carboxylic acids is 1. The van der Waals surface area contributed by atoms with Gasteiger partial charge in [0.25, 0.3) is 5.91 Å². The molecule has 1 aromatic carbocycles. The second kappa shape index (κ2) is 5.97. The van der Waals surface area contributed by atoms with Gasteiger partial charge in [0.05, 0.1) is 11.1 Å². The Kier molecular flexibility index (Phi) is 4.10. The monoisotopic (exact) mass is 270 g/mol. The highest BCUT2D eigenvalue weighted by Crippen LogP contribution is 2.12. The maximum Gasteiger partial charge on any atom is 0.326 e. The number of benzene rings is 1. The molecule has 0 radical (unpaired) electrons. The molecule has 5 nitrogen and oxygen atoms in total. The first-order valence-electron chi connectivity index (χ1n) is 6.11. The van der Waals surface area contributed by atoms with Crippen molar-refractivity contribution in [2.45, 2.75) is 12.5 Å².